The molecule has 2 heterocycles. The number of benzene rings is 1. The van der Waals surface area contributed by atoms with Crippen LogP contribution in [0.25, 0.3) is 10.9 Å². The van der Waals surface area contributed by atoms with E-state index in [4.69, 9.17) is 0 Å². The summed E-state index contributed by atoms with van der Waals surface area (Å²) in [6.45, 7) is 3.81. The summed E-state index contributed by atoms with van der Waals surface area (Å²) in [7, 11) is 0. The molecule has 0 amide bonds. The summed E-state index contributed by atoms with van der Waals surface area (Å²) < 4.78 is 16.1. The zero-order chi connectivity index (χ0) is 16.6. The Labute approximate surface area is 165 Å². The number of aromatic carboxylic acids is 1. The normalized spacial score (nSPS) is 14.5. The topological polar surface area (TPSA) is 65.4 Å². The second-order valence-electron chi connectivity index (χ2n) is 5.37. The number of thioether (sulfide) groups is 1. The molecule has 3 rings (SSSR count). The van der Waals surface area contributed by atoms with Crippen LogP contribution in [0.5, 0.6) is 0 Å². The van der Waals surface area contributed by atoms with Crippen molar-refractivity contribution in [2.24, 2.45) is 0 Å². The average Bonchev–Trinajstić information content (AvgIpc) is 2.55. The average molecular weight is 358 g/mol. The van der Waals surface area contributed by atoms with Crippen LogP contribution in [-0.4, -0.2) is 35.1 Å². The number of aromatic nitrogens is 1. The minimum atomic E-state index is -1.54. The molecule has 0 N–H and O–H groups in total. The minimum Gasteiger partial charge on any atom is -0.545 e. The number of hydrogen-bond acceptors (Lipinski definition) is 5. The third-order valence-corrected chi connectivity index (χ3v) is 5.00. The SMILES string of the molecule is CCn1cc(C(=O)[O-])c(=O)c2cc(F)c(N3CCSCC3)cc21.[Na+]. The smallest absolute Gasteiger partial charge is 0.545 e. The number of nitrogens with zero attached hydrogens (tertiary/aromatic N) is 2. The number of carbonyl (C=O) groups excluding carboxylic acids is 1. The van der Waals surface area contributed by atoms with E-state index in [9.17, 15) is 19.1 Å². The molecular weight excluding hydrogens is 342 g/mol. The van der Waals surface area contributed by atoms with E-state index in [2.05, 4.69) is 0 Å². The zero-order valence-corrected chi connectivity index (χ0v) is 16.5. The predicted octanol–water partition coefficient (Wildman–Crippen LogP) is -1.92. The molecule has 5 nitrogen and oxygen atoms in total. The molecule has 0 radical (unpaired) electrons. The fraction of sp³-hybridized carbons (Fsp3) is 0.375. The molecule has 8 heteroatoms. The standard InChI is InChI=1S/C16H17FN2O3S.Na/c1-2-18-9-11(16(21)22)15(20)10-7-12(17)14(8-13(10)18)19-3-5-23-6-4-19;/h7-9H,2-6H2,1H3,(H,21,22);/q;+1/p-1. The number of fused-ring (bicyclic) bond motifs is 1. The van der Waals surface area contributed by atoms with E-state index < -0.39 is 22.8 Å². The second kappa shape index (κ2) is 7.91. The third-order valence-electron chi connectivity index (χ3n) is 4.06. The van der Waals surface area contributed by atoms with E-state index in [0.717, 1.165) is 30.7 Å². The zero-order valence-electron chi connectivity index (χ0n) is 13.7. The van der Waals surface area contributed by atoms with Crippen molar-refractivity contribution >= 4 is 34.3 Å². The van der Waals surface area contributed by atoms with Gasteiger partial charge < -0.3 is 19.4 Å². The Morgan fingerprint density at radius 2 is 2.00 bits per heavy atom. The van der Waals surface area contributed by atoms with E-state index in [1.54, 1.807) is 10.6 Å². The Morgan fingerprint density at radius 1 is 1.33 bits per heavy atom. The van der Waals surface area contributed by atoms with Gasteiger partial charge in [-0.25, -0.2) is 4.39 Å². The molecule has 0 bridgehead atoms. The van der Waals surface area contributed by atoms with Crippen LogP contribution in [0.1, 0.15) is 17.3 Å². The van der Waals surface area contributed by atoms with Gasteiger partial charge in [0.2, 0.25) is 0 Å². The molecule has 1 aliphatic heterocycles. The molecule has 1 saturated heterocycles. The number of halogens is 1. The first kappa shape index (κ1) is 19.3. The number of rotatable bonds is 3. The molecule has 1 aromatic heterocycles. The summed E-state index contributed by atoms with van der Waals surface area (Å²) in [4.78, 5) is 25.3. The van der Waals surface area contributed by atoms with Crippen molar-refractivity contribution in [3.63, 3.8) is 0 Å². The predicted molar refractivity (Wildman–Crippen MR) is 87.7 cm³/mol. The largest absolute Gasteiger partial charge is 1.00 e. The number of pyridine rings is 1. The van der Waals surface area contributed by atoms with Crippen molar-refractivity contribution in [3.05, 3.63) is 39.9 Å². The molecule has 122 valence electrons. The fourth-order valence-electron chi connectivity index (χ4n) is 2.85. The van der Waals surface area contributed by atoms with Crippen molar-refractivity contribution in [1.29, 1.82) is 0 Å². The minimum absolute atomic E-state index is 0. The molecule has 2 aromatic rings. The van der Waals surface area contributed by atoms with Gasteiger partial charge in [0.1, 0.15) is 5.82 Å². The first-order chi connectivity index (χ1) is 11.0. The maximum absolute atomic E-state index is 14.5. The molecule has 0 spiro atoms. The number of carbonyl (C=O) groups is 1. The summed E-state index contributed by atoms with van der Waals surface area (Å²) in [5, 5.41) is 11.2. The van der Waals surface area contributed by atoms with Gasteiger partial charge in [0.05, 0.1) is 22.7 Å². The van der Waals surface area contributed by atoms with Crippen LogP contribution in [0.3, 0.4) is 0 Å². The van der Waals surface area contributed by atoms with Crippen LogP contribution in [0.4, 0.5) is 10.1 Å². The Hall–Kier alpha value is -1.02. The number of anilines is 1. The summed E-state index contributed by atoms with van der Waals surface area (Å²) in [5.74, 6) is -0.181. The van der Waals surface area contributed by atoms with Gasteiger partial charge in [0.15, 0.2) is 5.43 Å². The summed E-state index contributed by atoms with van der Waals surface area (Å²) in [5.41, 5.74) is -0.150. The molecule has 24 heavy (non-hydrogen) atoms. The Bertz CT molecular complexity index is 834. The van der Waals surface area contributed by atoms with Crippen LogP contribution in [0.15, 0.2) is 23.1 Å². The van der Waals surface area contributed by atoms with Gasteiger partial charge in [-0.1, -0.05) is 0 Å². The van der Waals surface area contributed by atoms with Gasteiger partial charge in [-0.2, -0.15) is 11.8 Å². The van der Waals surface area contributed by atoms with Crippen molar-refractivity contribution in [2.45, 2.75) is 13.5 Å². The van der Waals surface area contributed by atoms with E-state index in [-0.39, 0.29) is 34.9 Å². The summed E-state index contributed by atoms with van der Waals surface area (Å²) in [6, 6.07) is 2.79. The van der Waals surface area contributed by atoms with Crippen LogP contribution in [0.2, 0.25) is 0 Å². The monoisotopic (exact) mass is 358 g/mol. The molecule has 0 atom stereocenters. The van der Waals surface area contributed by atoms with Crippen molar-refractivity contribution in [1.82, 2.24) is 4.57 Å². The number of carboxylic acids is 1. The van der Waals surface area contributed by atoms with Gasteiger partial charge >= 0.3 is 29.6 Å². The maximum Gasteiger partial charge on any atom is 1.00 e. The molecular formula is C16H16FN2NaO3S. The van der Waals surface area contributed by atoms with Crippen LogP contribution in [-0.2, 0) is 6.54 Å². The van der Waals surface area contributed by atoms with Crippen LogP contribution in [0, 0.1) is 5.82 Å². The van der Waals surface area contributed by atoms with Crippen LogP contribution >= 0.6 is 11.8 Å². The fourth-order valence-corrected chi connectivity index (χ4v) is 3.76. The van der Waals surface area contributed by atoms with E-state index in [1.165, 1.54) is 6.20 Å². The Morgan fingerprint density at radius 3 is 2.58 bits per heavy atom. The number of aryl methyl sites for hydroxylation is 1. The van der Waals surface area contributed by atoms with Crippen molar-refractivity contribution in [3.8, 4) is 0 Å². The van der Waals surface area contributed by atoms with E-state index >= 15 is 0 Å². The molecule has 1 aliphatic rings. The van der Waals surface area contributed by atoms with Gasteiger partial charge in [-0.3, -0.25) is 4.79 Å². The van der Waals surface area contributed by atoms with Crippen LogP contribution < -0.4 is 45.0 Å². The second-order valence-corrected chi connectivity index (χ2v) is 6.59. The molecule has 0 unspecified atom stereocenters. The van der Waals surface area contributed by atoms with E-state index in [1.807, 2.05) is 23.6 Å². The maximum atomic E-state index is 14.5. The van der Waals surface area contributed by atoms with Gasteiger partial charge in [-0.05, 0) is 19.1 Å². The first-order valence-electron chi connectivity index (χ1n) is 7.43. The first-order valence-corrected chi connectivity index (χ1v) is 8.59. The third kappa shape index (κ3) is 3.49. The Balaban J connectivity index is 0.00000208. The summed E-state index contributed by atoms with van der Waals surface area (Å²) >= 11 is 1.83. The summed E-state index contributed by atoms with van der Waals surface area (Å²) in [6.07, 6.45) is 1.27. The number of hydrogen-bond donors (Lipinski definition) is 0. The van der Waals surface area contributed by atoms with Gasteiger partial charge in [-0.15, -0.1) is 0 Å². The molecule has 1 aromatic carbocycles. The van der Waals surface area contributed by atoms with Gasteiger partial charge in [0, 0.05) is 42.7 Å². The van der Waals surface area contributed by atoms with Gasteiger partial charge in [0.25, 0.3) is 0 Å². The van der Waals surface area contributed by atoms with Crippen molar-refractivity contribution < 1.29 is 43.8 Å². The molecule has 0 saturated carbocycles. The number of carboxylic acid groups (broad SMARTS) is 1. The molecule has 1 fully saturated rings. The van der Waals surface area contributed by atoms with Crippen molar-refractivity contribution in [2.75, 3.05) is 29.5 Å². The molecule has 0 aliphatic carbocycles. The van der Waals surface area contributed by atoms with E-state index in [0.29, 0.717) is 17.7 Å². The Kier molecular flexibility index (Phi) is 6.36. The quantitative estimate of drug-likeness (QED) is 0.599.